The van der Waals surface area contributed by atoms with Gasteiger partial charge in [-0.05, 0) is 30.3 Å². The highest BCUT2D eigenvalue weighted by molar-refractivity contribution is 6.00. The van der Waals surface area contributed by atoms with Crippen molar-refractivity contribution in [3.63, 3.8) is 0 Å². The summed E-state index contributed by atoms with van der Waals surface area (Å²) < 4.78 is 30.0. The van der Waals surface area contributed by atoms with Crippen LogP contribution in [0.3, 0.4) is 0 Å². The van der Waals surface area contributed by atoms with Gasteiger partial charge in [-0.3, -0.25) is 4.79 Å². The number of anilines is 1. The molecule has 0 radical (unpaired) electrons. The Kier molecular flexibility index (Phi) is 9.64. The molecule has 2 rings (SSSR count). The van der Waals surface area contributed by atoms with Crippen LogP contribution in [0.5, 0.6) is 17.2 Å². The van der Waals surface area contributed by atoms with Gasteiger partial charge in [0, 0.05) is 23.4 Å². The quantitative estimate of drug-likeness (QED) is 0.302. The van der Waals surface area contributed by atoms with Crippen LogP contribution in [0.4, 0.5) is 5.69 Å². The minimum atomic E-state index is -0.796. The van der Waals surface area contributed by atoms with Gasteiger partial charge in [0.2, 0.25) is 0 Å². The van der Waals surface area contributed by atoms with Gasteiger partial charge in [-0.15, -0.1) is 0 Å². The molecule has 0 fully saturated rings. The molecule has 0 aliphatic carbocycles. The third kappa shape index (κ3) is 7.22. The van der Waals surface area contributed by atoms with Crippen LogP contribution in [0.25, 0.3) is 6.08 Å². The smallest absolute Gasteiger partial charge is 0.337 e. The largest absolute Gasteiger partial charge is 0.496 e. The number of benzene rings is 2. The summed E-state index contributed by atoms with van der Waals surface area (Å²) in [6, 6.07) is 7.09. The fourth-order valence-corrected chi connectivity index (χ4v) is 2.89. The van der Waals surface area contributed by atoms with Gasteiger partial charge in [-0.1, -0.05) is 0 Å². The van der Waals surface area contributed by atoms with E-state index in [0.717, 1.165) is 6.08 Å². The molecule has 11 nitrogen and oxygen atoms in total. The summed E-state index contributed by atoms with van der Waals surface area (Å²) in [5, 5.41) is 2.45. The SMILES string of the molecule is COC(=O)c1cc(NC(=O)COC(=O)/C=C/c2cc(OC)c(OC)cc2OC)cc(C(=O)OC)c1. The summed E-state index contributed by atoms with van der Waals surface area (Å²) in [6.07, 6.45) is 2.55. The Morgan fingerprint density at radius 3 is 1.80 bits per heavy atom. The number of hydrogen-bond acceptors (Lipinski definition) is 10. The lowest BCUT2D eigenvalue weighted by atomic mass is 10.1. The Hall–Kier alpha value is -4.54. The number of methoxy groups -OCH3 is 5. The van der Waals surface area contributed by atoms with Crippen LogP contribution in [0.1, 0.15) is 26.3 Å². The average Bonchev–Trinajstić information content (AvgIpc) is 2.88. The van der Waals surface area contributed by atoms with Crippen LogP contribution in [0.15, 0.2) is 36.4 Å². The fourth-order valence-electron chi connectivity index (χ4n) is 2.89. The van der Waals surface area contributed by atoms with Gasteiger partial charge in [-0.25, -0.2) is 14.4 Å². The summed E-state index contributed by atoms with van der Waals surface area (Å²) in [7, 11) is 6.77. The zero-order chi connectivity index (χ0) is 26.0. The van der Waals surface area contributed by atoms with Crippen molar-refractivity contribution in [1.29, 1.82) is 0 Å². The molecule has 0 unspecified atom stereocenters. The van der Waals surface area contributed by atoms with Crippen LogP contribution in [0, 0.1) is 0 Å². The van der Waals surface area contributed by atoms with Crippen molar-refractivity contribution in [2.24, 2.45) is 0 Å². The standard InChI is InChI=1S/C24H25NO10/c1-30-18-12-20(32-3)19(31-2)11-14(18)6-7-22(27)35-13-21(26)25-17-9-15(23(28)33-4)8-16(10-17)24(29)34-5/h6-12H,13H2,1-5H3,(H,25,26)/b7-6+. The van der Waals surface area contributed by atoms with Gasteiger partial charge < -0.3 is 33.7 Å². The maximum Gasteiger partial charge on any atom is 0.337 e. The number of esters is 3. The van der Waals surface area contributed by atoms with E-state index in [-0.39, 0.29) is 16.8 Å². The lowest BCUT2D eigenvalue weighted by molar-refractivity contribution is -0.142. The number of hydrogen-bond donors (Lipinski definition) is 1. The molecule has 0 saturated carbocycles. The molecule has 0 heterocycles. The number of nitrogens with one attached hydrogen (secondary N) is 1. The zero-order valence-electron chi connectivity index (χ0n) is 19.8. The van der Waals surface area contributed by atoms with Crippen molar-refractivity contribution >= 4 is 35.6 Å². The first kappa shape index (κ1) is 26.7. The lowest BCUT2D eigenvalue weighted by Gasteiger charge is -2.12. The molecule has 1 amide bonds. The van der Waals surface area contributed by atoms with Crippen LogP contribution in [-0.2, 0) is 23.8 Å². The summed E-state index contributed by atoms with van der Waals surface area (Å²) in [6.45, 7) is -0.623. The van der Waals surface area contributed by atoms with Gasteiger partial charge in [0.25, 0.3) is 5.91 Å². The zero-order valence-corrected chi connectivity index (χ0v) is 19.8. The first-order valence-electron chi connectivity index (χ1n) is 10.0. The predicted molar refractivity (Wildman–Crippen MR) is 124 cm³/mol. The van der Waals surface area contributed by atoms with E-state index in [1.165, 1.54) is 59.8 Å². The topological polar surface area (TPSA) is 136 Å². The fraction of sp³-hybridized carbons (Fsp3) is 0.250. The molecule has 0 aliphatic heterocycles. The molecule has 0 atom stereocenters. The highest BCUT2D eigenvalue weighted by Gasteiger charge is 2.16. The molecule has 0 aromatic heterocycles. The van der Waals surface area contributed by atoms with Gasteiger partial charge in [-0.2, -0.15) is 0 Å². The van der Waals surface area contributed by atoms with Gasteiger partial charge in [0.15, 0.2) is 18.1 Å². The summed E-state index contributed by atoms with van der Waals surface area (Å²) in [4.78, 5) is 48.1. The molecule has 2 aromatic rings. The van der Waals surface area contributed by atoms with Crippen molar-refractivity contribution in [3.8, 4) is 17.2 Å². The molecule has 0 bridgehead atoms. The monoisotopic (exact) mass is 487 g/mol. The highest BCUT2D eigenvalue weighted by Crippen LogP contribution is 2.35. The summed E-state index contributed by atoms with van der Waals surface area (Å²) >= 11 is 0. The van der Waals surface area contributed by atoms with Crippen molar-refractivity contribution in [3.05, 3.63) is 53.1 Å². The normalized spacial score (nSPS) is 10.3. The van der Waals surface area contributed by atoms with Crippen molar-refractivity contribution in [1.82, 2.24) is 0 Å². The minimum Gasteiger partial charge on any atom is -0.496 e. The molecule has 0 aliphatic rings. The molecule has 11 heteroatoms. The molecule has 1 N–H and O–H groups in total. The van der Waals surface area contributed by atoms with Crippen LogP contribution < -0.4 is 19.5 Å². The molecule has 35 heavy (non-hydrogen) atoms. The third-order valence-corrected chi connectivity index (χ3v) is 4.54. The number of carbonyl (C=O) groups is 4. The van der Waals surface area contributed by atoms with E-state index in [4.69, 9.17) is 18.9 Å². The average molecular weight is 487 g/mol. The van der Waals surface area contributed by atoms with Crippen LogP contribution >= 0.6 is 0 Å². The predicted octanol–water partition coefficient (Wildman–Crippen LogP) is 2.48. The number of ether oxygens (including phenoxy) is 6. The molecule has 0 saturated heterocycles. The molecular formula is C24H25NO10. The van der Waals surface area contributed by atoms with Crippen molar-refractivity contribution in [2.45, 2.75) is 0 Å². The molecular weight excluding hydrogens is 462 g/mol. The minimum absolute atomic E-state index is 0.0227. The Morgan fingerprint density at radius 2 is 1.29 bits per heavy atom. The second-order valence-electron chi connectivity index (χ2n) is 6.72. The van der Waals surface area contributed by atoms with Crippen LogP contribution in [-0.4, -0.2) is 66.0 Å². The highest BCUT2D eigenvalue weighted by atomic mass is 16.5. The Labute approximate surface area is 201 Å². The first-order chi connectivity index (χ1) is 16.8. The van der Waals surface area contributed by atoms with E-state index < -0.39 is 30.4 Å². The van der Waals surface area contributed by atoms with E-state index in [1.54, 1.807) is 12.1 Å². The van der Waals surface area contributed by atoms with E-state index in [0.29, 0.717) is 22.8 Å². The summed E-state index contributed by atoms with van der Waals surface area (Å²) in [5.74, 6) is -1.62. The number of rotatable bonds is 10. The van der Waals surface area contributed by atoms with Gasteiger partial charge >= 0.3 is 17.9 Å². The maximum absolute atomic E-state index is 12.3. The Morgan fingerprint density at radius 1 is 0.743 bits per heavy atom. The van der Waals surface area contributed by atoms with E-state index in [9.17, 15) is 19.2 Å². The summed E-state index contributed by atoms with van der Waals surface area (Å²) in [5.41, 5.74) is 0.672. The molecule has 2 aromatic carbocycles. The Balaban J connectivity index is 2.07. The number of amides is 1. The second-order valence-corrected chi connectivity index (χ2v) is 6.72. The second kappa shape index (κ2) is 12.6. The van der Waals surface area contributed by atoms with E-state index in [2.05, 4.69) is 14.8 Å². The maximum atomic E-state index is 12.3. The third-order valence-electron chi connectivity index (χ3n) is 4.54. The number of carbonyl (C=O) groups excluding carboxylic acids is 4. The Bertz CT molecular complexity index is 1110. The van der Waals surface area contributed by atoms with Crippen LogP contribution in [0.2, 0.25) is 0 Å². The van der Waals surface area contributed by atoms with Gasteiger partial charge in [0.1, 0.15) is 5.75 Å². The first-order valence-corrected chi connectivity index (χ1v) is 10.0. The lowest BCUT2D eigenvalue weighted by Crippen LogP contribution is -2.20. The van der Waals surface area contributed by atoms with E-state index >= 15 is 0 Å². The molecule has 0 spiro atoms. The molecule has 186 valence electrons. The van der Waals surface area contributed by atoms with E-state index in [1.807, 2.05) is 0 Å². The van der Waals surface area contributed by atoms with Crippen molar-refractivity contribution < 1.29 is 47.6 Å². The van der Waals surface area contributed by atoms with Crippen molar-refractivity contribution in [2.75, 3.05) is 47.5 Å². The van der Waals surface area contributed by atoms with Gasteiger partial charge in [0.05, 0.1) is 46.7 Å².